The van der Waals surface area contributed by atoms with Crippen LogP contribution in [0, 0.1) is 5.92 Å². The Morgan fingerprint density at radius 3 is 2.35 bits per heavy atom. The maximum Gasteiger partial charge on any atom is 0.0474 e. The first kappa shape index (κ1) is 15.2. The van der Waals surface area contributed by atoms with Crippen LogP contribution in [0.25, 0.3) is 32.9 Å². The molecule has 126 valence electrons. The molecule has 3 aromatic carbocycles. The first-order chi connectivity index (χ1) is 12.8. The molecule has 0 aliphatic heterocycles. The zero-order valence-corrected chi connectivity index (χ0v) is 14.8. The highest BCUT2D eigenvalue weighted by Gasteiger charge is 2.21. The molecule has 1 heterocycles. The molecule has 0 fully saturated rings. The van der Waals surface area contributed by atoms with Gasteiger partial charge in [-0.15, -0.1) is 0 Å². The summed E-state index contributed by atoms with van der Waals surface area (Å²) in [5.41, 5.74) is 6.37. The minimum absolute atomic E-state index is 0.394. The summed E-state index contributed by atoms with van der Waals surface area (Å²) in [5, 5.41) is 2.67. The fourth-order valence-electron chi connectivity index (χ4n) is 4.18. The lowest BCUT2D eigenvalue weighted by Crippen LogP contribution is -2.08. The van der Waals surface area contributed by atoms with E-state index in [-0.39, 0.29) is 0 Å². The van der Waals surface area contributed by atoms with Crippen LogP contribution in [0.5, 0.6) is 0 Å². The van der Waals surface area contributed by atoms with Crippen molar-refractivity contribution in [1.29, 1.82) is 0 Å². The molecule has 1 N–H and O–H groups in total. The van der Waals surface area contributed by atoms with Gasteiger partial charge in [0.1, 0.15) is 0 Å². The second-order valence-electron chi connectivity index (χ2n) is 7.18. The quantitative estimate of drug-likeness (QED) is 0.413. The van der Waals surface area contributed by atoms with Crippen molar-refractivity contribution < 1.29 is 0 Å². The van der Waals surface area contributed by atoms with Gasteiger partial charge in [0.25, 0.3) is 0 Å². The smallest absolute Gasteiger partial charge is 0.0474 e. The van der Waals surface area contributed by atoms with E-state index in [2.05, 4.69) is 103 Å². The molecule has 0 saturated carbocycles. The SMILES string of the molecule is CC1C=CC=CC1c1cc(-c2ccccc2)cc2[nH]c3ccccc3c12. The molecule has 1 aliphatic rings. The first-order valence-electron chi connectivity index (χ1n) is 9.26. The van der Waals surface area contributed by atoms with Crippen LogP contribution in [0.15, 0.2) is 91.0 Å². The number of aromatic amines is 1. The van der Waals surface area contributed by atoms with E-state index in [9.17, 15) is 0 Å². The van der Waals surface area contributed by atoms with Crippen molar-refractivity contribution in [3.63, 3.8) is 0 Å². The maximum absolute atomic E-state index is 3.64. The molecule has 4 aromatic rings. The highest BCUT2D eigenvalue weighted by molar-refractivity contribution is 6.10. The molecule has 0 saturated heterocycles. The van der Waals surface area contributed by atoms with Gasteiger partial charge < -0.3 is 4.98 Å². The Morgan fingerprint density at radius 2 is 1.50 bits per heavy atom. The average molecular weight is 335 g/mol. The molecular formula is C25H21N. The zero-order valence-electron chi connectivity index (χ0n) is 14.8. The Morgan fingerprint density at radius 1 is 0.731 bits per heavy atom. The van der Waals surface area contributed by atoms with Crippen LogP contribution >= 0.6 is 0 Å². The molecule has 1 heteroatoms. The predicted octanol–water partition coefficient (Wildman–Crippen LogP) is 6.83. The summed E-state index contributed by atoms with van der Waals surface area (Å²) in [6, 6.07) is 24.0. The lowest BCUT2D eigenvalue weighted by atomic mass is 9.81. The summed E-state index contributed by atoms with van der Waals surface area (Å²) in [5.74, 6) is 0.883. The van der Waals surface area contributed by atoms with Crippen molar-refractivity contribution >= 4 is 21.8 Å². The van der Waals surface area contributed by atoms with Crippen LogP contribution in [-0.4, -0.2) is 4.98 Å². The molecular weight excluding hydrogens is 314 g/mol. The third kappa shape index (κ3) is 2.40. The largest absolute Gasteiger partial charge is 0.354 e. The first-order valence-corrected chi connectivity index (χ1v) is 9.26. The standard InChI is InChI=1S/C25H21N/c1-17-9-5-6-12-20(17)22-15-19(18-10-3-2-4-11-18)16-24-25(22)21-13-7-8-14-23(21)26-24/h2-17,20,26H,1H3. The fourth-order valence-corrected chi connectivity index (χ4v) is 4.18. The average Bonchev–Trinajstić information content (AvgIpc) is 3.07. The van der Waals surface area contributed by atoms with Crippen molar-refractivity contribution in [2.75, 3.05) is 0 Å². The molecule has 0 amide bonds. The molecule has 1 aliphatic carbocycles. The number of rotatable bonds is 2. The lowest BCUT2D eigenvalue weighted by Gasteiger charge is -2.23. The van der Waals surface area contributed by atoms with Gasteiger partial charge in [0.15, 0.2) is 0 Å². The zero-order chi connectivity index (χ0) is 17.5. The van der Waals surface area contributed by atoms with Gasteiger partial charge in [-0.2, -0.15) is 0 Å². The van der Waals surface area contributed by atoms with E-state index in [1.54, 1.807) is 0 Å². The summed E-state index contributed by atoms with van der Waals surface area (Å²) in [4.78, 5) is 3.64. The van der Waals surface area contributed by atoms with E-state index in [1.165, 1.54) is 38.5 Å². The van der Waals surface area contributed by atoms with E-state index < -0.39 is 0 Å². The normalized spacial score (nSPS) is 19.4. The van der Waals surface area contributed by atoms with Gasteiger partial charge in [0.05, 0.1) is 0 Å². The topological polar surface area (TPSA) is 15.8 Å². The van der Waals surface area contributed by atoms with Crippen LogP contribution in [0.2, 0.25) is 0 Å². The van der Waals surface area contributed by atoms with Crippen LogP contribution in [-0.2, 0) is 0 Å². The Balaban J connectivity index is 1.84. The molecule has 26 heavy (non-hydrogen) atoms. The van der Waals surface area contributed by atoms with Crippen molar-refractivity contribution in [3.8, 4) is 11.1 Å². The third-order valence-electron chi connectivity index (χ3n) is 5.51. The Kier molecular flexibility index (Phi) is 3.53. The molecule has 0 spiro atoms. The van der Waals surface area contributed by atoms with Gasteiger partial charge in [0, 0.05) is 27.7 Å². The number of para-hydroxylation sites is 1. The minimum Gasteiger partial charge on any atom is -0.354 e. The van der Waals surface area contributed by atoms with Gasteiger partial charge in [-0.05, 0) is 40.8 Å². The second kappa shape index (κ2) is 6.03. The third-order valence-corrected chi connectivity index (χ3v) is 5.51. The summed E-state index contributed by atoms with van der Waals surface area (Å²) in [6.45, 7) is 2.31. The fraction of sp³-hybridized carbons (Fsp3) is 0.120. The van der Waals surface area contributed by atoms with Crippen LogP contribution in [0.1, 0.15) is 18.4 Å². The van der Waals surface area contributed by atoms with Crippen LogP contribution < -0.4 is 0 Å². The van der Waals surface area contributed by atoms with E-state index in [0.717, 1.165) is 0 Å². The number of allylic oxidation sites excluding steroid dienone is 4. The Hall–Kier alpha value is -3.06. The van der Waals surface area contributed by atoms with E-state index in [4.69, 9.17) is 0 Å². The van der Waals surface area contributed by atoms with Gasteiger partial charge in [0.2, 0.25) is 0 Å². The van der Waals surface area contributed by atoms with Crippen molar-refractivity contribution in [1.82, 2.24) is 4.98 Å². The Labute approximate surface area is 153 Å². The van der Waals surface area contributed by atoms with Crippen LogP contribution in [0.4, 0.5) is 0 Å². The molecule has 2 unspecified atom stereocenters. The highest BCUT2D eigenvalue weighted by Crippen LogP contribution is 2.40. The summed E-state index contributed by atoms with van der Waals surface area (Å²) >= 11 is 0. The van der Waals surface area contributed by atoms with Gasteiger partial charge in [-0.25, -0.2) is 0 Å². The second-order valence-corrected chi connectivity index (χ2v) is 7.18. The highest BCUT2D eigenvalue weighted by atomic mass is 14.7. The summed E-state index contributed by atoms with van der Waals surface area (Å²) < 4.78 is 0. The van der Waals surface area contributed by atoms with Crippen molar-refractivity contribution in [3.05, 3.63) is 96.6 Å². The number of benzene rings is 3. The Bertz CT molecular complexity index is 1140. The van der Waals surface area contributed by atoms with Crippen LogP contribution in [0.3, 0.4) is 0 Å². The molecule has 5 rings (SSSR count). The van der Waals surface area contributed by atoms with Gasteiger partial charge in [-0.1, -0.05) is 79.8 Å². The molecule has 1 nitrogen and oxygen atoms in total. The number of fused-ring (bicyclic) bond motifs is 3. The number of aromatic nitrogens is 1. The predicted molar refractivity (Wildman–Crippen MR) is 111 cm³/mol. The monoisotopic (exact) mass is 335 g/mol. The molecule has 0 radical (unpaired) electrons. The number of hydrogen-bond acceptors (Lipinski definition) is 0. The van der Waals surface area contributed by atoms with E-state index in [0.29, 0.717) is 11.8 Å². The van der Waals surface area contributed by atoms with E-state index >= 15 is 0 Å². The number of hydrogen-bond donors (Lipinski definition) is 1. The van der Waals surface area contributed by atoms with Gasteiger partial charge in [-0.3, -0.25) is 0 Å². The lowest BCUT2D eigenvalue weighted by molar-refractivity contribution is 0.639. The van der Waals surface area contributed by atoms with Gasteiger partial charge >= 0.3 is 0 Å². The minimum atomic E-state index is 0.394. The molecule has 1 aromatic heterocycles. The summed E-state index contributed by atoms with van der Waals surface area (Å²) in [7, 11) is 0. The van der Waals surface area contributed by atoms with Crippen molar-refractivity contribution in [2.24, 2.45) is 5.92 Å². The number of nitrogens with one attached hydrogen (secondary N) is 1. The number of H-pyrrole nitrogens is 1. The van der Waals surface area contributed by atoms with Crippen molar-refractivity contribution in [2.45, 2.75) is 12.8 Å². The molecule has 0 bridgehead atoms. The van der Waals surface area contributed by atoms with E-state index in [1.807, 2.05) is 0 Å². The molecule has 2 atom stereocenters. The summed E-state index contributed by atoms with van der Waals surface area (Å²) in [6.07, 6.45) is 8.99. The maximum atomic E-state index is 3.64.